The van der Waals surface area contributed by atoms with E-state index in [0.717, 1.165) is 6.54 Å². The van der Waals surface area contributed by atoms with Crippen molar-refractivity contribution in [2.75, 3.05) is 44.5 Å². The summed E-state index contributed by atoms with van der Waals surface area (Å²) in [6.45, 7) is 5.68. The Labute approximate surface area is 199 Å². The molecule has 3 rings (SSSR count). The lowest BCUT2D eigenvalue weighted by molar-refractivity contribution is 0.0281. The number of hydrogen-bond donors (Lipinski definition) is 3. The fraction of sp³-hybridized carbons (Fsp3) is 0.417. The van der Waals surface area contributed by atoms with Gasteiger partial charge in [-0.1, -0.05) is 24.6 Å². The smallest absolute Gasteiger partial charge is 0.323 e. The number of halogens is 1. The number of nitrogens with one attached hydrogen (secondary N) is 3. The standard InChI is InChI=1S/C24H31ClN4O4/c1-15-12-26-16(2)14-33-21-11-19(28-24(31)27-18-7-5-6-17(25)10-18)8-9-20(21)23(30)29(3)13-22(15)32-4/h5-11,15-16,22,26H,12-14H2,1-4H3,(H2,27,28,31)/t15-,16-,22-/m1/s1. The van der Waals surface area contributed by atoms with E-state index in [1.165, 1.54) is 0 Å². The number of methoxy groups -OCH3 is 1. The topological polar surface area (TPSA) is 91.9 Å². The molecule has 0 radical (unpaired) electrons. The van der Waals surface area contributed by atoms with E-state index in [4.69, 9.17) is 21.1 Å². The molecule has 0 bridgehead atoms. The van der Waals surface area contributed by atoms with Crippen molar-refractivity contribution in [1.82, 2.24) is 10.2 Å². The van der Waals surface area contributed by atoms with Gasteiger partial charge in [-0.15, -0.1) is 0 Å². The summed E-state index contributed by atoms with van der Waals surface area (Å²) in [7, 11) is 3.41. The molecule has 3 atom stereocenters. The van der Waals surface area contributed by atoms with Gasteiger partial charge in [0.1, 0.15) is 12.4 Å². The minimum atomic E-state index is -0.430. The van der Waals surface area contributed by atoms with Crippen LogP contribution in [-0.2, 0) is 4.74 Å². The molecule has 178 valence electrons. The van der Waals surface area contributed by atoms with Gasteiger partial charge in [0, 0.05) is 55.8 Å². The molecule has 0 saturated carbocycles. The first kappa shape index (κ1) is 24.8. The molecule has 1 aliphatic heterocycles. The van der Waals surface area contributed by atoms with Gasteiger partial charge in [0.15, 0.2) is 0 Å². The Bertz CT molecular complexity index is 987. The molecule has 2 aromatic carbocycles. The highest BCUT2D eigenvalue weighted by Crippen LogP contribution is 2.26. The molecule has 0 spiro atoms. The molecule has 2 aromatic rings. The molecule has 0 aliphatic carbocycles. The van der Waals surface area contributed by atoms with E-state index in [9.17, 15) is 9.59 Å². The average molecular weight is 475 g/mol. The minimum Gasteiger partial charge on any atom is -0.491 e. The van der Waals surface area contributed by atoms with Crippen molar-refractivity contribution in [2.45, 2.75) is 26.0 Å². The summed E-state index contributed by atoms with van der Waals surface area (Å²) in [5.74, 6) is 0.454. The molecule has 1 heterocycles. The minimum absolute atomic E-state index is 0.0628. The second kappa shape index (κ2) is 11.4. The maximum atomic E-state index is 13.2. The molecule has 0 aromatic heterocycles. The summed E-state index contributed by atoms with van der Waals surface area (Å²) in [4.78, 5) is 27.2. The van der Waals surface area contributed by atoms with Gasteiger partial charge >= 0.3 is 6.03 Å². The van der Waals surface area contributed by atoms with Gasteiger partial charge in [-0.05, 0) is 43.2 Å². The van der Waals surface area contributed by atoms with Gasteiger partial charge in [-0.3, -0.25) is 4.79 Å². The first-order valence-electron chi connectivity index (χ1n) is 10.9. The predicted octanol–water partition coefficient (Wildman–Crippen LogP) is 4.08. The Hall–Kier alpha value is -2.81. The molecular weight excluding hydrogens is 444 g/mol. The van der Waals surface area contributed by atoms with Gasteiger partial charge in [-0.2, -0.15) is 0 Å². The molecule has 1 aliphatic rings. The van der Waals surface area contributed by atoms with E-state index in [0.29, 0.717) is 40.9 Å². The molecule has 3 amide bonds. The normalized spacial score (nSPS) is 21.8. The van der Waals surface area contributed by atoms with E-state index < -0.39 is 6.03 Å². The number of anilines is 2. The number of fused-ring (bicyclic) bond motifs is 1. The van der Waals surface area contributed by atoms with Crippen molar-refractivity contribution in [2.24, 2.45) is 5.92 Å². The summed E-state index contributed by atoms with van der Waals surface area (Å²) in [6, 6.07) is 11.5. The highest BCUT2D eigenvalue weighted by atomic mass is 35.5. The van der Waals surface area contributed by atoms with Crippen LogP contribution in [0.1, 0.15) is 24.2 Å². The van der Waals surface area contributed by atoms with Gasteiger partial charge in [0.2, 0.25) is 0 Å². The number of rotatable bonds is 3. The van der Waals surface area contributed by atoms with Crippen LogP contribution in [0.4, 0.5) is 16.2 Å². The number of likely N-dealkylation sites (N-methyl/N-ethyl adjacent to an activating group) is 1. The highest BCUT2D eigenvalue weighted by molar-refractivity contribution is 6.30. The number of urea groups is 1. The quantitative estimate of drug-likeness (QED) is 0.623. The van der Waals surface area contributed by atoms with Crippen molar-refractivity contribution < 1.29 is 19.1 Å². The fourth-order valence-corrected chi connectivity index (χ4v) is 3.78. The van der Waals surface area contributed by atoms with Crippen molar-refractivity contribution in [3.8, 4) is 5.75 Å². The summed E-state index contributed by atoms with van der Waals surface area (Å²) in [5, 5.41) is 9.48. The number of benzene rings is 2. The van der Waals surface area contributed by atoms with E-state index in [2.05, 4.69) is 22.9 Å². The van der Waals surface area contributed by atoms with Crippen molar-refractivity contribution in [3.63, 3.8) is 0 Å². The van der Waals surface area contributed by atoms with E-state index in [1.54, 1.807) is 61.5 Å². The van der Waals surface area contributed by atoms with Gasteiger partial charge < -0.3 is 30.3 Å². The third kappa shape index (κ3) is 6.83. The molecule has 8 nitrogen and oxygen atoms in total. The molecular formula is C24H31ClN4O4. The van der Waals surface area contributed by atoms with E-state index >= 15 is 0 Å². The number of nitrogens with zero attached hydrogens (tertiary/aromatic N) is 1. The second-order valence-corrected chi connectivity index (χ2v) is 8.79. The second-order valence-electron chi connectivity index (χ2n) is 8.36. The maximum absolute atomic E-state index is 13.2. The van der Waals surface area contributed by atoms with Crippen molar-refractivity contribution in [1.29, 1.82) is 0 Å². The van der Waals surface area contributed by atoms with Crippen LogP contribution in [0.25, 0.3) is 0 Å². The average Bonchev–Trinajstić information content (AvgIpc) is 2.78. The number of ether oxygens (including phenoxy) is 2. The largest absolute Gasteiger partial charge is 0.491 e. The molecule has 0 fully saturated rings. The number of amides is 3. The first-order valence-corrected chi connectivity index (χ1v) is 11.3. The van der Waals surface area contributed by atoms with E-state index in [1.807, 2.05) is 6.92 Å². The fourth-order valence-electron chi connectivity index (χ4n) is 3.59. The van der Waals surface area contributed by atoms with Gasteiger partial charge in [0.05, 0.1) is 11.7 Å². The summed E-state index contributed by atoms with van der Waals surface area (Å²) < 4.78 is 11.6. The van der Waals surface area contributed by atoms with Crippen molar-refractivity contribution >= 4 is 34.9 Å². The molecule has 33 heavy (non-hydrogen) atoms. The summed E-state index contributed by atoms with van der Waals surface area (Å²) >= 11 is 5.97. The van der Waals surface area contributed by atoms with Crippen LogP contribution < -0.4 is 20.7 Å². The Morgan fingerprint density at radius 2 is 1.91 bits per heavy atom. The van der Waals surface area contributed by atoms with Crippen LogP contribution in [0.15, 0.2) is 42.5 Å². The van der Waals surface area contributed by atoms with Crippen LogP contribution in [0.3, 0.4) is 0 Å². The molecule has 9 heteroatoms. The van der Waals surface area contributed by atoms with Crippen LogP contribution in [-0.4, -0.2) is 62.8 Å². The maximum Gasteiger partial charge on any atom is 0.323 e. The summed E-state index contributed by atoms with van der Waals surface area (Å²) in [5.41, 5.74) is 1.49. The third-order valence-corrected chi connectivity index (χ3v) is 5.80. The third-order valence-electron chi connectivity index (χ3n) is 5.57. The number of carbonyl (C=O) groups excluding carboxylic acids is 2. The lowest BCUT2D eigenvalue weighted by Crippen LogP contribution is -2.44. The number of hydrogen-bond acceptors (Lipinski definition) is 5. The lowest BCUT2D eigenvalue weighted by Gasteiger charge is -2.30. The van der Waals surface area contributed by atoms with Crippen LogP contribution in [0.5, 0.6) is 5.75 Å². The Morgan fingerprint density at radius 3 is 2.61 bits per heavy atom. The van der Waals surface area contributed by atoms with Crippen LogP contribution in [0.2, 0.25) is 5.02 Å². The zero-order valence-electron chi connectivity index (χ0n) is 19.4. The molecule has 0 unspecified atom stereocenters. The Kier molecular flexibility index (Phi) is 8.55. The Balaban J connectivity index is 1.80. The van der Waals surface area contributed by atoms with Crippen LogP contribution in [0, 0.1) is 5.92 Å². The van der Waals surface area contributed by atoms with Gasteiger partial charge in [0.25, 0.3) is 5.91 Å². The van der Waals surface area contributed by atoms with Gasteiger partial charge in [-0.25, -0.2) is 4.79 Å². The monoisotopic (exact) mass is 474 g/mol. The first-order chi connectivity index (χ1) is 15.8. The number of carbonyl (C=O) groups is 2. The predicted molar refractivity (Wildman–Crippen MR) is 130 cm³/mol. The SMILES string of the molecule is CO[C@@H]1CN(C)C(=O)c2ccc(NC(=O)Nc3cccc(Cl)c3)cc2OC[C@@H](C)NC[C@H]1C. The molecule has 3 N–H and O–H groups in total. The Morgan fingerprint density at radius 1 is 1.18 bits per heavy atom. The summed E-state index contributed by atoms with van der Waals surface area (Å²) in [6.07, 6.45) is -0.0985. The van der Waals surface area contributed by atoms with Crippen molar-refractivity contribution in [3.05, 3.63) is 53.1 Å². The molecule has 0 saturated heterocycles. The lowest BCUT2D eigenvalue weighted by atomic mass is 10.0. The zero-order chi connectivity index (χ0) is 24.0. The highest BCUT2D eigenvalue weighted by Gasteiger charge is 2.25. The van der Waals surface area contributed by atoms with E-state index in [-0.39, 0.29) is 24.0 Å². The van der Waals surface area contributed by atoms with Crippen LogP contribution >= 0.6 is 11.6 Å². The zero-order valence-corrected chi connectivity index (χ0v) is 20.1.